The summed E-state index contributed by atoms with van der Waals surface area (Å²) in [4.78, 5) is 26.3. The smallest absolute Gasteiger partial charge is 0.246 e. The molecule has 1 aromatic heterocycles. The van der Waals surface area contributed by atoms with Gasteiger partial charge in [0.2, 0.25) is 23.8 Å². The molecule has 4 aromatic rings. The molecule has 0 saturated heterocycles. The summed E-state index contributed by atoms with van der Waals surface area (Å²) in [7, 11) is 0. The topological polar surface area (TPSA) is 104 Å². The van der Waals surface area contributed by atoms with E-state index in [1.807, 2.05) is 52.0 Å². The third-order valence-electron chi connectivity index (χ3n) is 5.44. The van der Waals surface area contributed by atoms with Gasteiger partial charge < -0.3 is 21.3 Å². The SMILES string of the molecule is Cc1cc(C)cc(Nc2nc(Nc3cc(C)cc(C)c3)nc(NC(C)C(=O)Nc3ccc(F)cc3)n2)c1. The lowest BCUT2D eigenvalue weighted by Crippen LogP contribution is -2.32. The maximum Gasteiger partial charge on any atom is 0.246 e. The van der Waals surface area contributed by atoms with Crippen molar-refractivity contribution in [2.45, 2.75) is 40.7 Å². The van der Waals surface area contributed by atoms with Crippen LogP contribution >= 0.6 is 0 Å². The Morgan fingerprint density at radius 1 is 0.676 bits per heavy atom. The molecular weight excluding hydrogens is 469 g/mol. The molecule has 0 fully saturated rings. The van der Waals surface area contributed by atoms with E-state index in [9.17, 15) is 9.18 Å². The van der Waals surface area contributed by atoms with Crippen LogP contribution in [0.25, 0.3) is 0 Å². The van der Waals surface area contributed by atoms with E-state index in [0.717, 1.165) is 33.6 Å². The normalized spacial score (nSPS) is 11.5. The molecule has 1 atom stereocenters. The number of benzene rings is 3. The second-order valence-corrected chi connectivity index (χ2v) is 9.17. The molecule has 37 heavy (non-hydrogen) atoms. The molecule has 4 rings (SSSR count). The summed E-state index contributed by atoms with van der Waals surface area (Å²) in [6.07, 6.45) is 0. The van der Waals surface area contributed by atoms with Crippen molar-refractivity contribution in [2.24, 2.45) is 0 Å². The number of anilines is 6. The number of carbonyl (C=O) groups excluding carboxylic acids is 1. The quantitative estimate of drug-likeness (QED) is 0.230. The van der Waals surface area contributed by atoms with E-state index in [1.165, 1.54) is 24.3 Å². The van der Waals surface area contributed by atoms with Crippen LogP contribution in [-0.4, -0.2) is 26.9 Å². The first-order valence-electron chi connectivity index (χ1n) is 11.9. The third-order valence-corrected chi connectivity index (χ3v) is 5.44. The molecule has 0 spiro atoms. The average Bonchev–Trinajstić information content (AvgIpc) is 2.79. The van der Waals surface area contributed by atoms with E-state index in [-0.39, 0.29) is 17.7 Å². The predicted molar refractivity (Wildman–Crippen MR) is 146 cm³/mol. The van der Waals surface area contributed by atoms with Crippen LogP contribution in [0.3, 0.4) is 0 Å². The molecule has 8 nitrogen and oxygen atoms in total. The van der Waals surface area contributed by atoms with Crippen molar-refractivity contribution in [3.8, 4) is 0 Å². The number of hydrogen-bond donors (Lipinski definition) is 4. The lowest BCUT2D eigenvalue weighted by Gasteiger charge is -2.16. The van der Waals surface area contributed by atoms with Gasteiger partial charge in [-0.2, -0.15) is 15.0 Å². The summed E-state index contributed by atoms with van der Waals surface area (Å²) in [5.74, 6) is 0.165. The molecule has 1 unspecified atom stereocenters. The highest BCUT2D eigenvalue weighted by Crippen LogP contribution is 2.22. The van der Waals surface area contributed by atoms with Crippen LogP contribution in [0, 0.1) is 33.5 Å². The van der Waals surface area contributed by atoms with E-state index in [1.54, 1.807) is 6.92 Å². The number of nitrogens with zero attached hydrogens (tertiary/aromatic N) is 3. The van der Waals surface area contributed by atoms with Gasteiger partial charge in [0.1, 0.15) is 11.9 Å². The minimum absolute atomic E-state index is 0.218. The largest absolute Gasteiger partial charge is 0.342 e. The maximum atomic E-state index is 13.2. The molecule has 0 saturated carbocycles. The monoisotopic (exact) mass is 499 g/mol. The molecule has 1 heterocycles. The average molecular weight is 500 g/mol. The fourth-order valence-corrected chi connectivity index (χ4v) is 3.95. The van der Waals surface area contributed by atoms with E-state index >= 15 is 0 Å². The molecule has 0 radical (unpaired) electrons. The van der Waals surface area contributed by atoms with E-state index in [4.69, 9.17) is 0 Å². The van der Waals surface area contributed by atoms with Gasteiger partial charge in [0.25, 0.3) is 0 Å². The highest BCUT2D eigenvalue weighted by atomic mass is 19.1. The molecule has 0 aliphatic carbocycles. The predicted octanol–water partition coefficient (Wildman–Crippen LogP) is 6.17. The first-order valence-corrected chi connectivity index (χ1v) is 11.9. The van der Waals surface area contributed by atoms with Crippen molar-refractivity contribution >= 4 is 40.8 Å². The molecule has 0 aliphatic heterocycles. The Bertz CT molecular complexity index is 1310. The zero-order chi connectivity index (χ0) is 26.5. The first-order chi connectivity index (χ1) is 17.6. The van der Waals surface area contributed by atoms with Gasteiger partial charge in [0.15, 0.2) is 0 Å². The van der Waals surface area contributed by atoms with Gasteiger partial charge in [-0.1, -0.05) is 12.1 Å². The Hall–Kier alpha value is -4.53. The van der Waals surface area contributed by atoms with Gasteiger partial charge in [0.05, 0.1) is 0 Å². The van der Waals surface area contributed by atoms with Crippen molar-refractivity contribution in [1.29, 1.82) is 0 Å². The van der Waals surface area contributed by atoms with E-state index < -0.39 is 6.04 Å². The van der Waals surface area contributed by atoms with Crippen molar-refractivity contribution in [3.63, 3.8) is 0 Å². The summed E-state index contributed by atoms with van der Waals surface area (Å²) < 4.78 is 13.2. The minimum Gasteiger partial charge on any atom is -0.342 e. The highest BCUT2D eigenvalue weighted by Gasteiger charge is 2.16. The summed E-state index contributed by atoms with van der Waals surface area (Å²) in [6.45, 7) is 9.77. The Balaban J connectivity index is 1.59. The molecule has 0 bridgehead atoms. The third kappa shape index (κ3) is 7.23. The molecule has 0 aliphatic rings. The number of amides is 1. The molecule has 3 aromatic carbocycles. The van der Waals surface area contributed by atoms with Crippen LogP contribution in [-0.2, 0) is 4.79 Å². The van der Waals surface area contributed by atoms with Crippen LogP contribution in [0.1, 0.15) is 29.2 Å². The summed E-state index contributed by atoms with van der Waals surface area (Å²) in [6, 6.07) is 17.1. The molecule has 4 N–H and O–H groups in total. The van der Waals surface area contributed by atoms with Crippen molar-refractivity contribution in [3.05, 3.63) is 88.7 Å². The standard InChI is InChI=1S/C28H30FN7O/c1-16-10-17(2)13-23(12-16)32-27-34-26(30-20(5)25(37)31-22-8-6-21(29)7-9-22)35-28(36-27)33-24-14-18(3)11-19(4)15-24/h6-15,20H,1-5H3,(H,31,37)(H3,30,32,33,34,35,36). The van der Waals surface area contributed by atoms with E-state index in [2.05, 4.69) is 48.4 Å². The number of carbonyl (C=O) groups is 1. The Morgan fingerprint density at radius 3 is 1.57 bits per heavy atom. The van der Waals surface area contributed by atoms with Crippen molar-refractivity contribution < 1.29 is 9.18 Å². The van der Waals surface area contributed by atoms with Gasteiger partial charge >= 0.3 is 0 Å². The highest BCUT2D eigenvalue weighted by molar-refractivity contribution is 5.96. The summed E-state index contributed by atoms with van der Waals surface area (Å²) in [5, 5.41) is 12.3. The second-order valence-electron chi connectivity index (χ2n) is 9.17. The molecular formula is C28H30FN7O. The number of rotatable bonds is 8. The molecule has 9 heteroatoms. The first kappa shape index (κ1) is 25.6. The number of hydrogen-bond acceptors (Lipinski definition) is 7. The summed E-state index contributed by atoms with van der Waals surface area (Å²) >= 11 is 0. The molecule has 1 amide bonds. The second kappa shape index (κ2) is 11.0. The lowest BCUT2D eigenvalue weighted by molar-refractivity contribution is -0.116. The minimum atomic E-state index is -0.685. The fraction of sp³-hybridized carbons (Fsp3) is 0.214. The van der Waals surface area contributed by atoms with Crippen molar-refractivity contribution in [2.75, 3.05) is 21.3 Å². The van der Waals surface area contributed by atoms with Gasteiger partial charge in [-0.15, -0.1) is 0 Å². The van der Waals surface area contributed by atoms with Crippen molar-refractivity contribution in [1.82, 2.24) is 15.0 Å². The number of halogens is 1. The number of aromatic nitrogens is 3. The van der Waals surface area contributed by atoms with Crippen LogP contribution in [0.5, 0.6) is 0 Å². The van der Waals surface area contributed by atoms with Gasteiger partial charge in [-0.3, -0.25) is 4.79 Å². The van der Waals surface area contributed by atoms with Crippen LogP contribution in [0.2, 0.25) is 0 Å². The zero-order valence-corrected chi connectivity index (χ0v) is 21.5. The van der Waals surface area contributed by atoms with Gasteiger partial charge in [-0.25, -0.2) is 4.39 Å². The lowest BCUT2D eigenvalue weighted by atomic mass is 10.1. The molecule has 190 valence electrons. The van der Waals surface area contributed by atoms with Crippen LogP contribution in [0.15, 0.2) is 60.7 Å². The van der Waals surface area contributed by atoms with E-state index in [0.29, 0.717) is 17.6 Å². The van der Waals surface area contributed by atoms with Gasteiger partial charge in [-0.05, 0) is 105 Å². The Morgan fingerprint density at radius 2 is 1.11 bits per heavy atom. The van der Waals surface area contributed by atoms with Crippen LogP contribution < -0.4 is 21.3 Å². The Kier molecular flexibility index (Phi) is 7.62. The summed E-state index contributed by atoms with van der Waals surface area (Å²) in [5.41, 5.74) is 6.60. The van der Waals surface area contributed by atoms with Crippen LogP contribution in [0.4, 0.5) is 39.3 Å². The fourth-order valence-electron chi connectivity index (χ4n) is 3.95. The maximum absolute atomic E-state index is 13.2. The zero-order valence-electron chi connectivity index (χ0n) is 21.5. The van der Waals surface area contributed by atoms with Gasteiger partial charge in [0, 0.05) is 17.1 Å². The Labute approximate surface area is 215 Å². The number of nitrogens with one attached hydrogen (secondary N) is 4. The number of aryl methyl sites for hydroxylation is 4.